The Labute approximate surface area is 94.2 Å². The molecule has 1 aromatic heterocycles. The third-order valence-corrected chi connectivity index (χ3v) is 3.59. The van der Waals surface area contributed by atoms with Crippen molar-refractivity contribution in [1.82, 2.24) is 4.90 Å². The third kappa shape index (κ3) is 2.48. The van der Waals surface area contributed by atoms with Crippen molar-refractivity contribution in [1.29, 1.82) is 0 Å². The molecule has 2 nitrogen and oxygen atoms in total. The Balaban J connectivity index is 2.05. The minimum atomic E-state index is 0.134. The lowest BCUT2D eigenvalue weighted by atomic mass is 10.2. The number of likely N-dealkylation sites (tertiary alicyclic amines) is 1. The van der Waals surface area contributed by atoms with E-state index in [0.717, 1.165) is 23.7 Å². The molecule has 0 amide bonds. The van der Waals surface area contributed by atoms with Crippen LogP contribution in [0.4, 0.5) is 0 Å². The van der Waals surface area contributed by atoms with Gasteiger partial charge in [0.15, 0.2) is 5.78 Å². The highest BCUT2D eigenvalue weighted by Gasteiger charge is 2.13. The quantitative estimate of drug-likeness (QED) is 0.578. The van der Waals surface area contributed by atoms with Crippen LogP contribution in [-0.2, 0) is 0 Å². The number of hydrogen-bond donors (Lipinski definition) is 0. The van der Waals surface area contributed by atoms with E-state index in [1.807, 2.05) is 24.4 Å². The fourth-order valence-corrected chi connectivity index (χ4v) is 2.48. The van der Waals surface area contributed by atoms with Crippen LogP contribution in [0, 0.1) is 0 Å². The Hall–Kier alpha value is -1.09. The van der Waals surface area contributed by atoms with Crippen molar-refractivity contribution in [3.05, 3.63) is 34.2 Å². The van der Waals surface area contributed by atoms with E-state index in [-0.39, 0.29) is 5.78 Å². The molecule has 0 aromatic carbocycles. The SMILES string of the molecule is C/C(=C/C(=O)c1cccs1)N1CCCC1. The van der Waals surface area contributed by atoms with Crippen molar-refractivity contribution in [3.8, 4) is 0 Å². The van der Waals surface area contributed by atoms with Crippen LogP contribution < -0.4 is 0 Å². The lowest BCUT2D eigenvalue weighted by molar-refractivity contribution is 0.104. The maximum Gasteiger partial charge on any atom is 0.197 e. The molecule has 1 aromatic rings. The molecule has 1 saturated heterocycles. The van der Waals surface area contributed by atoms with Gasteiger partial charge in [0, 0.05) is 24.9 Å². The molecule has 3 heteroatoms. The summed E-state index contributed by atoms with van der Waals surface area (Å²) in [6.45, 7) is 4.22. The number of nitrogens with zero attached hydrogens (tertiary/aromatic N) is 1. The normalized spacial score (nSPS) is 17.1. The van der Waals surface area contributed by atoms with Crippen molar-refractivity contribution < 1.29 is 4.79 Å². The topological polar surface area (TPSA) is 20.3 Å². The van der Waals surface area contributed by atoms with E-state index in [1.165, 1.54) is 24.2 Å². The highest BCUT2D eigenvalue weighted by molar-refractivity contribution is 7.12. The molecule has 0 aliphatic carbocycles. The first-order chi connectivity index (χ1) is 7.27. The van der Waals surface area contributed by atoms with Gasteiger partial charge in [-0.1, -0.05) is 6.07 Å². The average molecular weight is 221 g/mol. The van der Waals surface area contributed by atoms with E-state index in [1.54, 1.807) is 6.08 Å². The lowest BCUT2D eigenvalue weighted by Crippen LogP contribution is -2.17. The van der Waals surface area contributed by atoms with E-state index in [9.17, 15) is 4.79 Å². The second kappa shape index (κ2) is 4.62. The molecule has 0 unspecified atom stereocenters. The molecule has 2 rings (SSSR count). The van der Waals surface area contributed by atoms with E-state index >= 15 is 0 Å². The first kappa shape index (κ1) is 10.4. The second-order valence-corrected chi connectivity index (χ2v) is 4.77. The van der Waals surface area contributed by atoms with E-state index < -0.39 is 0 Å². The molecule has 0 radical (unpaired) electrons. The van der Waals surface area contributed by atoms with Crippen LogP contribution in [0.2, 0.25) is 0 Å². The number of ketones is 1. The predicted octanol–water partition coefficient (Wildman–Crippen LogP) is 2.93. The first-order valence-corrected chi connectivity index (χ1v) is 6.16. The van der Waals surface area contributed by atoms with Crippen molar-refractivity contribution in [2.24, 2.45) is 0 Å². The Morgan fingerprint density at radius 1 is 1.47 bits per heavy atom. The number of thiophene rings is 1. The molecule has 80 valence electrons. The molecule has 1 aliphatic heterocycles. The average Bonchev–Trinajstić information content (AvgIpc) is 2.91. The molecule has 1 fully saturated rings. The molecule has 0 saturated carbocycles. The number of allylic oxidation sites excluding steroid dienone is 2. The van der Waals surface area contributed by atoms with Gasteiger partial charge in [-0.2, -0.15) is 0 Å². The Bertz CT molecular complexity index is 361. The molecule has 0 spiro atoms. The van der Waals surface area contributed by atoms with Gasteiger partial charge in [0.2, 0.25) is 0 Å². The maximum atomic E-state index is 11.8. The monoisotopic (exact) mass is 221 g/mol. The van der Waals surface area contributed by atoms with Gasteiger partial charge in [-0.15, -0.1) is 11.3 Å². The lowest BCUT2D eigenvalue weighted by Gasteiger charge is -2.17. The number of rotatable bonds is 3. The van der Waals surface area contributed by atoms with Crippen molar-refractivity contribution in [2.45, 2.75) is 19.8 Å². The summed E-state index contributed by atoms with van der Waals surface area (Å²) in [4.78, 5) is 14.9. The summed E-state index contributed by atoms with van der Waals surface area (Å²) in [5, 5.41) is 1.94. The molecular weight excluding hydrogens is 206 g/mol. The van der Waals surface area contributed by atoms with Crippen LogP contribution in [-0.4, -0.2) is 23.8 Å². The summed E-state index contributed by atoms with van der Waals surface area (Å²) < 4.78 is 0. The zero-order chi connectivity index (χ0) is 10.7. The predicted molar refractivity (Wildman–Crippen MR) is 63.2 cm³/mol. The largest absolute Gasteiger partial charge is 0.375 e. The van der Waals surface area contributed by atoms with Crippen molar-refractivity contribution in [2.75, 3.05) is 13.1 Å². The van der Waals surface area contributed by atoms with Crippen LogP contribution in [0.15, 0.2) is 29.3 Å². The highest BCUT2D eigenvalue weighted by Crippen LogP contribution is 2.16. The molecule has 15 heavy (non-hydrogen) atoms. The fourth-order valence-electron chi connectivity index (χ4n) is 1.84. The summed E-state index contributed by atoms with van der Waals surface area (Å²) in [5.74, 6) is 0.134. The van der Waals surface area contributed by atoms with Crippen molar-refractivity contribution in [3.63, 3.8) is 0 Å². The summed E-state index contributed by atoms with van der Waals surface area (Å²) >= 11 is 1.50. The second-order valence-electron chi connectivity index (χ2n) is 3.82. The van der Waals surface area contributed by atoms with Gasteiger partial charge in [0.05, 0.1) is 4.88 Å². The summed E-state index contributed by atoms with van der Waals surface area (Å²) in [6, 6.07) is 3.79. The summed E-state index contributed by atoms with van der Waals surface area (Å²) in [6.07, 6.45) is 4.26. The van der Waals surface area contributed by atoms with Crippen LogP contribution in [0.5, 0.6) is 0 Å². The van der Waals surface area contributed by atoms with Gasteiger partial charge in [0.1, 0.15) is 0 Å². The van der Waals surface area contributed by atoms with E-state index in [0.29, 0.717) is 0 Å². The zero-order valence-corrected chi connectivity index (χ0v) is 9.72. The zero-order valence-electron chi connectivity index (χ0n) is 8.90. The van der Waals surface area contributed by atoms with E-state index in [2.05, 4.69) is 4.90 Å². The minimum Gasteiger partial charge on any atom is -0.375 e. The Kier molecular flexibility index (Phi) is 3.21. The Morgan fingerprint density at radius 3 is 2.80 bits per heavy atom. The standard InChI is InChI=1S/C12H15NOS/c1-10(13-6-2-3-7-13)9-11(14)12-5-4-8-15-12/h4-5,8-9H,2-3,6-7H2,1H3/b10-9-. The van der Waals surface area contributed by atoms with Gasteiger partial charge in [-0.3, -0.25) is 4.79 Å². The Morgan fingerprint density at radius 2 is 2.20 bits per heavy atom. The maximum absolute atomic E-state index is 11.8. The molecule has 0 bridgehead atoms. The summed E-state index contributed by atoms with van der Waals surface area (Å²) in [7, 11) is 0. The molecule has 2 heterocycles. The van der Waals surface area contributed by atoms with Gasteiger partial charge < -0.3 is 4.90 Å². The first-order valence-electron chi connectivity index (χ1n) is 5.28. The van der Waals surface area contributed by atoms with Crippen LogP contribution in [0.25, 0.3) is 0 Å². The minimum absolute atomic E-state index is 0.134. The van der Waals surface area contributed by atoms with Crippen LogP contribution >= 0.6 is 11.3 Å². The summed E-state index contributed by atoms with van der Waals surface area (Å²) in [5.41, 5.74) is 1.10. The molecule has 0 N–H and O–H groups in total. The van der Waals surface area contributed by atoms with Crippen molar-refractivity contribution >= 4 is 17.1 Å². The van der Waals surface area contributed by atoms with Crippen LogP contribution in [0.3, 0.4) is 0 Å². The third-order valence-electron chi connectivity index (χ3n) is 2.71. The fraction of sp³-hybridized carbons (Fsp3) is 0.417. The molecular formula is C12H15NOS. The number of hydrogen-bond acceptors (Lipinski definition) is 3. The van der Waals surface area contributed by atoms with Gasteiger partial charge in [0.25, 0.3) is 0 Å². The van der Waals surface area contributed by atoms with Gasteiger partial charge in [-0.05, 0) is 31.2 Å². The number of carbonyl (C=O) groups is 1. The molecule has 0 atom stereocenters. The molecule has 1 aliphatic rings. The van der Waals surface area contributed by atoms with E-state index in [4.69, 9.17) is 0 Å². The van der Waals surface area contributed by atoms with Crippen LogP contribution in [0.1, 0.15) is 29.4 Å². The van der Waals surface area contributed by atoms with Gasteiger partial charge >= 0.3 is 0 Å². The number of carbonyl (C=O) groups excluding carboxylic acids is 1. The highest BCUT2D eigenvalue weighted by atomic mass is 32.1. The van der Waals surface area contributed by atoms with Gasteiger partial charge in [-0.25, -0.2) is 0 Å². The smallest absolute Gasteiger partial charge is 0.197 e.